The minimum absolute atomic E-state index is 0.0773. The van der Waals surface area contributed by atoms with Gasteiger partial charge in [-0.25, -0.2) is 0 Å². The Bertz CT molecular complexity index is 243. The van der Waals surface area contributed by atoms with Crippen LogP contribution in [0.2, 0.25) is 0 Å². The summed E-state index contributed by atoms with van der Waals surface area (Å²) in [6, 6.07) is 0.0773. The molecular weight excluding hydrogens is 224 g/mol. The number of carbonyl (C=O) groups excluding carboxylic acids is 1. The van der Waals surface area contributed by atoms with Gasteiger partial charge < -0.3 is 10.6 Å². The Kier molecular flexibility index (Phi) is 5.98. The van der Waals surface area contributed by atoms with Gasteiger partial charge in [-0.1, -0.05) is 38.5 Å². The minimum Gasteiger partial charge on any atom is -0.355 e. The zero-order chi connectivity index (χ0) is 12.6. The molecule has 2 aliphatic rings. The van der Waals surface area contributed by atoms with E-state index >= 15 is 0 Å². The highest BCUT2D eigenvalue weighted by molar-refractivity contribution is 5.81. The fourth-order valence-electron chi connectivity index (χ4n) is 3.28. The van der Waals surface area contributed by atoms with Crippen molar-refractivity contribution in [3.8, 4) is 0 Å². The van der Waals surface area contributed by atoms with Gasteiger partial charge in [-0.15, -0.1) is 0 Å². The highest BCUT2D eigenvalue weighted by Crippen LogP contribution is 2.26. The summed E-state index contributed by atoms with van der Waals surface area (Å²) in [7, 11) is 0. The van der Waals surface area contributed by atoms with Crippen molar-refractivity contribution in [3.63, 3.8) is 0 Å². The van der Waals surface area contributed by atoms with E-state index in [9.17, 15) is 4.79 Å². The molecule has 18 heavy (non-hydrogen) atoms. The molecule has 1 heterocycles. The van der Waals surface area contributed by atoms with E-state index in [1.54, 1.807) is 0 Å². The van der Waals surface area contributed by atoms with Gasteiger partial charge in [0, 0.05) is 6.54 Å². The molecule has 3 heteroatoms. The third-order valence-corrected chi connectivity index (χ3v) is 4.44. The Balaban J connectivity index is 1.52. The van der Waals surface area contributed by atoms with Crippen LogP contribution < -0.4 is 10.6 Å². The monoisotopic (exact) mass is 252 g/mol. The minimum atomic E-state index is 0.0773. The first kappa shape index (κ1) is 13.9. The second kappa shape index (κ2) is 7.78. The van der Waals surface area contributed by atoms with E-state index in [1.165, 1.54) is 51.4 Å². The molecule has 0 aromatic carbocycles. The Hall–Kier alpha value is -0.570. The number of amides is 1. The predicted octanol–water partition coefficient (Wildman–Crippen LogP) is 2.61. The fourth-order valence-corrected chi connectivity index (χ4v) is 3.28. The van der Waals surface area contributed by atoms with Crippen LogP contribution in [-0.2, 0) is 4.79 Å². The first-order valence-corrected chi connectivity index (χ1v) is 7.87. The van der Waals surface area contributed by atoms with E-state index in [2.05, 4.69) is 10.6 Å². The Morgan fingerprint density at radius 2 is 1.83 bits per heavy atom. The first-order chi connectivity index (χ1) is 8.86. The standard InChI is InChI=1S/C15H28N2O/c18-15(14-10-4-5-11-16-14)17-12-6-9-13-7-2-1-3-8-13/h13-14,16H,1-12H2,(H,17,18). The van der Waals surface area contributed by atoms with Crippen LogP contribution in [-0.4, -0.2) is 25.0 Å². The van der Waals surface area contributed by atoms with E-state index in [4.69, 9.17) is 0 Å². The molecule has 0 aromatic heterocycles. The van der Waals surface area contributed by atoms with E-state index in [-0.39, 0.29) is 11.9 Å². The average Bonchev–Trinajstić information content (AvgIpc) is 2.45. The molecule has 1 saturated carbocycles. The van der Waals surface area contributed by atoms with Gasteiger partial charge in [0.15, 0.2) is 0 Å². The van der Waals surface area contributed by atoms with Gasteiger partial charge in [0.2, 0.25) is 5.91 Å². The van der Waals surface area contributed by atoms with Crippen LogP contribution in [0.4, 0.5) is 0 Å². The Morgan fingerprint density at radius 3 is 2.56 bits per heavy atom. The summed E-state index contributed by atoms with van der Waals surface area (Å²) < 4.78 is 0. The van der Waals surface area contributed by atoms with E-state index < -0.39 is 0 Å². The normalized spacial score (nSPS) is 25.9. The summed E-state index contributed by atoms with van der Waals surface area (Å²) in [5.41, 5.74) is 0. The Labute approximate surface area is 111 Å². The van der Waals surface area contributed by atoms with Crippen LogP contribution >= 0.6 is 0 Å². The maximum absolute atomic E-state index is 11.9. The molecular formula is C15H28N2O. The first-order valence-electron chi connectivity index (χ1n) is 7.87. The predicted molar refractivity (Wildman–Crippen MR) is 74.5 cm³/mol. The summed E-state index contributed by atoms with van der Waals surface area (Å²) in [6.07, 6.45) is 13.0. The number of rotatable bonds is 5. The van der Waals surface area contributed by atoms with E-state index in [1.807, 2.05) is 0 Å². The van der Waals surface area contributed by atoms with Crippen molar-refractivity contribution in [1.29, 1.82) is 0 Å². The highest BCUT2D eigenvalue weighted by Gasteiger charge is 2.20. The van der Waals surface area contributed by atoms with E-state index in [0.717, 1.165) is 31.8 Å². The molecule has 1 atom stereocenters. The second-order valence-electron chi connectivity index (χ2n) is 5.94. The summed E-state index contributed by atoms with van der Waals surface area (Å²) in [5.74, 6) is 1.15. The van der Waals surface area contributed by atoms with Crippen molar-refractivity contribution in [2.75, 3.05) is 13.1 Å². The van der Waals surface area contributed by atoms with Crippen molar-refractivity contribution < 1.29 is 4.79 Å². The SMILES string of the molecule is O=C(NCCCC1CCCCC1)C1CCCCN1. The van der Waals surface area contributed by atoms with Crippen molar-refractivity contribution in [3.05, 3.63) is 0 Å². The zero-order valence-electron chi connectivity index (χ0n) is 11.5. The quantitative estimate of drug-likeness (QED) is 0.738. The number of hydrogen-bond acceptors (Lipinski definition) is 2. The largest absolute Gasteiger partial charge is 0.355 e. The molecule has 1 unspecified atom stereocenters. The van der Waals surface area contributed by atoms with E-state index in [0.29, 0.717) is 0 Å². The lowest BCUT2D eigenvalue weighted by Crippen LogP contribution is -2.46. The summed E-state index contributed by atoms with van der Waals surface area (Å²) in [6.45, 7) is 1.87. The van der Waals surface area contributed by atoms with Gasteiger partial charge >= 0.3 is 0 Å². The maximum Gasteiger partial charge on any atom is 0.237 e. The van der Waals surface area contributed by atoms with Gasteiger partial charge in [0.1, 0.15) is 0 Å². The number of hydrogen-bond donors (Lipinski definition) is 2. The molecule has 0 bridgehead atoms. The molecule has 0 spiro atoms. The van der Waals surface area contributed by atoms with Crippen LogP contribution in [0, 0.1) is 5.92 Å². The van der Waals surface area contributed by atoms with Crippen LogP contribution in [0.1, 0.15) is 64.2 Å². The molecule has 3 nitrogen and oxygen atoms in total. The van der Waals surface area contributed by atoms with Crippen LogP contribution in [0.3, 0.4) is 0 Å². The van der Waals surface area contributed by atoms with Crippen molar-refractivity contribution >= 4 is 5.91 Å². The van der Waals surface area contributed by atoms with Gasteiger partial charge in [0.05, 0.1) is 6.04 Å². The highest BCUT2D eigenvalue weighted by atomic mass is 16.2. The fraction of sp³-hybridized carbons (Fsp3) is 0.933. The molecule has 1 amide bonds. The summed E-state index contributed by atoms with van der Waals surface area (Å²) in [4.78, 5) is 11.9. The molecule has 1 saturated heterocycles. The number of nitrogens with one attached hydrogen (secondary N) is 2. The smallest absolute Gasteiger partial charge is 0.237 e. The van der Waals surface area contributed by atoms with Gasteiger partial charge in [0.25, 0.3) is 0 Å². The molecule has 0 radical (unpaired) electrons. The summed E-state index contributed by atoms with van der Waals surface area (Å²) >= 11 is 0. The molecule has 2 rings (SSSR count). The molecule has 2 fully saturated rings. The number of carbonyl (C=O) groups is 1. The molecule has 1 aliphatic carbocycles. The van der Waals surface area contributed by atoms with Crippen LogP contribution in [0.25, 0.3) is 0 Å². The lowest BCUT2D eigenvalue weighted by molar-refractivity contribution is -0.123. The molecule has 1 aliphatic heterocycles. The van der Waals surface area contributed by atoms with Crippen molar-refractivity contribution in [2.45, 2.75) is 70.3 Å². The third kappa shape index (κ3) is 4.60. The van der Waals surface area contributed by atoms with Crippen LogP contribution in [0.5, 0.6) is 0 Å². The third-order valence-electron chi connectivity index (χ3n) is 4.44. The van der Waals surface area contributed by atoms with Crippen molar-refractivity contribution in [2.24, 2.45) is 5.92 Å². The summed E-state index contributed by atoms with van der Waals surface area (Å²) in [5, 5.41) is 6.39. The van der Waals surface area contributed by atoms with Gasteiger partial charge in [-0.05, 0) is 38.1 Å². The topological polar surface area (TPSA) is 41.1 Å². The second-order valence-corrected chi connectivity index (χ2v) is 5.94. The Morgan fingerprint density at radius 1 is 1.06 bits per heavy atom. The zero-order valence-corrected chi connectivity index (χ0v) is 11.5. The number of piperidine rings is 1. The van der Waals surface area contributed by atoms with Crippen LogP contribution in [0.15, 0.2) is 0 Å². The lowest BCUT2D eigenvalue weighted by Gasteiger charge is -2.23. The van der Waals surface area contributed by atoms with Gasteiger partial charge in [-0.3, -0.25) is 4.79 Å². The maximum atomic E-state index is 11.9. The van der Waals surface area contributed by atoms with Crippen molar-refractivity contribution in [1.82, 2.24) is 10.6 Å². The molecule has 0 aromatic rings. The molecule has 2 N–H and O–H groups in total. The average molecular weight is 252 g/mol. The molecule has 104 valence electrons. The lowest BCUT2D eigenvalue weighted by atomic mass is 9.86. The van der Waals surface area contributed by atoms with Gasteiger partial charge in [-0.2, -0.15) is 0 Å².